The van der Waals surface area contributed by atoms with Crippen LogP contribution < -0.4 is 5.32 Å². The van der Waals surface area contributed by atoms with Crippen LogP contribution in [0, 0.1) is 5.92 Å². The lowest BCUT2D eigenvalue weighted by molar-refractivity contribution is 0.0738. The van der Waals surface area contributed by atoms with Gasteiger partial charge in [-0.3, -0.25) is 4.79 Å². The molecule has 1 saturated carbocycles. The van der Waals surface area contributed by atoms with Crippen LogP contribution in [0.3, 0.4) is 0 Å². The fourth-order valence-corrected chi connectivity index (χ4v) is 3.95. The van der Waals surface area contributed by atoms with Crippen molar-refractivity contribution in [1.82, 2.24) is 20.1 Å². The van der Waals surface area contributed by atoms with Gasteiger partial charge in [-0.1, -0.05) is 49.6 Å². The molecule has 6 nitrogen and oxygen atoms in total. The third kappa shape index (κ3) is 4.22. The smallest absolute Gasteiger partial charge is 0.252 e. The van der Waals surface area contributed by atoms with Gasteiger partial charge in [-0.25, -0.2) is 9.67 Å². The summed E-state index contributed by atoms with van der Waals surface area (Å²) in [6, 6.07) is 11.9. The molecule has 6 heteroatoms. The lowest BCUT2D eigenvalue weighted by Crippen LogP contribution is -2.37. The van der Waals surface area contributed by atoms with E-state index in [9.17, 15) is 9.90 Å². The topological polar surface area (TPSA) is 80.0 Å². The summed E-state index contributed by atoms with van der Waals surface area (Å²) in [7, 11) is 0. The highest BCUT2D eigenvalue weighted by Gasteiger charge is 2.22. The molecule has 3 aromatic rings. The molecule has 1 aliphatic rings. The lowest BCUT2D eigenvalue weighted by Gasteiger charge is -2.26. The normalized spacial score (nSPS) is 16.2. The van der Waals surface area contributed by atoms with Crippen LogP contribution in [0.15, 0.2) is 48.8 Å². The maximum Gasteiger partial charge on any atom is 0.252 e. The first-order chi connectivity index (χ1) is 13.7. The van der Waals surface area contributed by atoms with Gasteiger partial charge < -0.3 is 10.4 Å². The Morgan fingerprint density at radius 1 is 1.18 bits per heavy atom. The molecule has 0 spiro atoms. The van der Waals surface area contributed by atoms with Gasteiger partial charge in [0.15, 0.2) is 5.65 Å². The minimum atomic E-state index is -0.477. The second-order valence-corrected chi connectivity index (χ2v) is 7.60. The summed E-state index contributed by atoms with van der Waals surface area (Å²) in [5.74, 6) is 0.0888. The summed E-state index contributed by atoms with van der Waals surface area (Å²) in [6.45, 7) is 0.922. The number of amides is 1. The van der Waals surface area contributed by atoms with E-state index in [2.05, 4.69) is 15.4 Å². The van der Waals surface area contributed by atoms with E-state index in [1.807, 2.05) is 35.0 Å². The van der Waals surface area contributed by atoms with Gasteiger partial charge in [0, 0.05) is 18.1 Å². The fourth-order valence-electron chi connectivity index (χ4n) is 3.95. The van der Waals surface area contributed by atoms with Crippen molar-refractivity contribution in [2.75, 3.05) is 6.54 Å². The lowest BCUT2D eigenvalue weighted by atomic mass is 9.85. The van der Waals surface area contributed by atoms with Crippen LogP contribution in [-0.2, 0) is 6.54 Å². The molecular weight excluding hydrogens is 352 g/mol. The Morgan fingerprint density at radius 2 is 1.96 bits per heavy atom. The number of aliphatic hydroxyl groups is 1. The Morgan fingerprint density at radius 3 is 2.75 bits per heavy atom. The van der Waals surface area contributed by atoms with Gasteiger partial charge in [0.1, 0.15) is 0 Å². The van der Waals surface area contributed by atoms with E-state index in [1.54, 1.807) is 18.5 Å². The second kappa shape index (κ2) is 8.52. The van der Waals surface area contributed by atoms with Crippen molar-refractivity contribution in [1.29, 1.82) is 0 Å². The van der Waals surface area contributed by atoms with Crippen molar-refractivity contribution in [3.05, 3.63) is 59.9 Å². The third-order valence-corrected chi connectivity index (χ3v) is 5.58. The van der Waals surface area contributed by atoms with Crippen molar-refractivity contribution < 1.29 is 9.90 Å². The minimum absolute atomic E-state index is 0.208. The predicted octanol–water partition coefficient (Wildman–Crippen LogP) is 3.15. The summed E-state index contributed by atoms with van der Waals surface area (Å²) in [5.41, 5.74) is 2.39. The average Bonchev–Trinajstić information content (AvgIpc) is 3.15. The number of nitrogens with one attached hydrogen (secondary N) is 1. The van der Waals surface area contributed by atoms with Gasteiger partial charge >= 0.3 is 0 Å². The second-order valence-electron chi connectivity index (χ2n) is 7.60. The third-order valence-electron chi connectivity index (χ3n) is 5.58. The van der Waals surface area contributed by atoms with E-state index in [0.29, 0.717) is 18.0 Å². The van der Waals surface area contributed by atoms with Crippen molar-refractivity contribution in [3.63, 3.8) is 0 Å². The van der Waals surface area contributed by atoms with E-state index < -0.39 is 6.10 Å². The Bertz CT molecular complexity index is 932. The standard InChI is InChI=1S/C22H26N4O2/c27-20(17-9-5-2-6-10-17)14-24-22(28)19-11-18-13-25-26(21(18)23-12-19)15-16-7-3-1-4-8-16/h1,3-4,7-8,11-13,17,20,27H,2,5-6,9-10,14-15H2,(H,24,28). The molecule has 0 bridgehead atoms. The summed E-state index contributed by atoms with van der Waals surface area (Å²) in [5, 5.41) is 18.4. The first-order valence-electron chi connectivity index (χ1n) is 10.0. The number of aromatic nitrogens is 3. The molecule has 1 aromatic carbocycles. The van der Waals surface area contributed by atoms with E-state index in [1.165, 1.54) is 19.3 Å². The summed E-state index contributed by atoms with van der Waals surface area (Å²) in [4.78, 5) is 16.9. The number of aliphatic hydroxyl groups excluding tert-OH is 1. The molecule has 28 heavy (non-hydrogen) atoms. The molecule has 1 amide bonds. The molecule has 1 aliphatic carbocycles. The number of fused-ring (bicyclic) bond motifs is 1. The molecule has 146 valence electrons. The van der Waals surface area contributed by atoms with Crippen LogP contribution in [0.2, 0.25) is 0 Å². The van der Waals surface area contributed by atoms with Crippen LogP contribution >= 0.6 is 0 Å². The van der Waals surface area contributed by atoms with Gasteiger partial charge in [0.05, 0.1) is 24.4 Å². The van der Waals surface area contributed by atoms with Crippen molar-refractivity contribution in [2.45, 2.75) is 44.8 Å². The number of pyridine rings is 1. The highest BCUT2D eigenvalue weighted by atomic mass is 16.3. The number of hydrogen-bond acceptors (Lipinski definition) is 4. The van der Waals surface area contributed by atoms with Crippen molar-refractivity contribution in [3.8, 4) is 0 Å². The minimum Gasteiger partial charge on any atom is -0.391 e. The summed E-state index contributed by atoms with van der Waals surface area (Å²) in [6.07, 6.45) is 8.52. The molecule has 2 aromatic heterocycles. The SMILES string of the molecule is O=C(NCC(O)C1CCCCC1)c1cnc2c(cnn2Cc2ccccc2)c1. The van der Waals surface area contributed by atoms with Crippen LogP contribution in [0.1, 0.15) is 48.0 Å². The van der Waals surface area contributed by atoms with Crippen LogP contribution in [-0.4, -0.2) is 38.4 Å². The zero-order valence-electron chi connectivity index (χ0n) is 15.9. The zero-order chi connectivity index (χ0) is 19.3. The van der Waals surface area contributed by atoms with Gasteiger partial charge in [-0.2, -0.15) is 5.10 Å². The molecule has 1 fully saturated rings. The van der Waals surface area contributed by atoms with Gasteiger partial charge in [0.2, 0.25) is 0 Å². The molecule has 0 saturated heterocycles. The largest absolute Gasteiger partial charge is 0.391 e. The molecule has 2 N–H and O–H groups in total. The Labute approximate surface area is 164 Å². The number of carbonyl (C=O) groups is 1. The van der Waals surface area contributed by atoms with Crippen molar-refractivity contribution in [2.24, 2.45) is 5.92 Å². The van der Waals surface area contributed by atoms with E-state index in [4.69, 9.17) is 0 Å². The van der Waals surface area contributed by atoms with Crippen LogP contribution in [0.5, 0.6) is 0 Å². The number of hydrogen-bond donors (Lipinski definition) is 2. The monoisotopic (exact) mass is 378 g/mol. The Kier molecular flexibility index (Phi) is 5.67. The van der Waals surface area contributed by atoms with Gasteiger partial charge in [-0.05, 0) is 30.4 Å². The Balaban J connectivity index is 1.40. The maximum atomic E-state index is 12.5. The fraction of sp³-hybridized carbons (Fsp3) is 0.409. The molecular formula is C22H26N4O2. The average molecular weight is 378 g/mol. The number of benzene rings is 1. The van der Waals surface area contributed by atoms with Crippen LogP contribution in [0.4, 0.5) is 0 Å². The van der Waals surface area contributed by atoms with Gasteiger partial charge in [0.25, 0.3) is 5.91 Å². The Hall–Kier alpha value is -2.73. The van der Waals surface area contributed by atoms with E-state index in [-0.39, 0.29) is 12.5 Å². The number of rotatable bonds is 6. The highest BCUT2D eigenvalue weighted by Crippen LogP contribution is 2.26. The first kappa shape index (κ1) is 18.6. The molecule has 0 aliphatic heterocycles. The molecule has 1 atom stereocenters. The highest BCUT2D eigenvalue weighted by molar-refractivity contribution is 5.96. The van der Waals surface area contributed by atoms with Crippen molar-refractivity contribution >= 4 is 16.9 Å². The van der Waals surface area contributed by atoms with Crippen LogP contribution in [0.25, 0.3) is 11.0 Å². The summed E-state index contributed by atoms with van der Waals surface area (Å²) >= 11 is 0. The predicted molar refractivity (Wildman–Crippen MR) is 108 cm³/mol. The first-order valence-corrected chi connectivity index (χ1v) is 10.0. The molecule has 4 rings (SSSR count). The number of carbonyl (C=O) groups excluding carboxylic acids is 1. The summed E-state index contributed by atoms with van der Waals surface area (Å²) < 4.78 is 1.83. The zero-order valence-corrected chi connectivity index (χ0v) is 15.9. The van der Waals surface area contributed by atoms with Gasteiger partial charge in [-0.15, -0.1) is 0 Å². The van der Waals surface area contributed by atoms with E-state index >= 15 is 0 Å². The molecule has 0 radical (unpaired) electrons. The van der Waals surface area contributed by atoms with E-state index in [0.717, 1.165) is 29.4 Å². The quantitative estimate of drug-likeness (QED) is 0.690. The molecule has 1 unspecified atom stereocenters. The number of nitrogens with zero attached hydrogens (tertiary/aromatic N) is 3. The molecule has 2 heterocycles. The maximum absolute atomic E-state index is 12.5.